The van der Waals surface area contributed by atoms with Crippen LogP contribution in [-0.4, -0.2) is 21.7 Å². The zero-order valence-electron chi connectivity index (χ0n) is 4.47. The number of benzene rings is 1. The van der Waals surface area contributed by atoms with Gasteiger partial charge < -0.3 is 4.70 Å². The average Bonchev–Trinajstić information content (AvgIpc) is 1.69. The third-order valence-corrected chi connectivity index (χ3v) is 1.31. The van der Waals surface area contributed by atoms with E-state index >= 15 is 0 Å². The van der Waals surface area contributed by atoms with Crippen molar-refractivity contribution >= 4 is 25.4 Å². The Kier molecular flexibility index (Phi) is 3.82. The molecule has 0 aliphatic carbocycles. The van der Waals surface area contributed by atoms with E-state index in [1.54, 1.807) is 0 Å². The van der Waals surface area contributed by atoms with E-state index in [1.165, 1.54) is 3.69 Å². The molecule has 0 heterocycles. The summed E-state index contributed by atoms with van der Waals surface area (Å²) < 4.78 is 1.35. The first-order valence-electron chi connectivity index (χ1n) is 2.26. The summed E-state index contributed by atoms with van der Waals surface area (Å²) in [6.45, 7) is 0. The Hall–Kier alpha value is -0.0838. The van der Waals surface area contributed by atoms with Crippen molar-refractivity contribution in [3.05, 3.63) is 30.3 Å². The summed E-state index contributed by atoms with van der Waals surface area (Å²) >= 11 is 1.90. The van der Waals surface area contributed by atoms with Gasteiger partial charge in [-0.05, 0) is 0 Å². The van der Waals surface area contributed by atoms with Gasteiger partial charge in [-0.2, -0.15) is 0 Å². The molecule has 0 atom stereocenters. The molecule has 0 bridgehead atoms. The molecule has 38 valence electrons. The van der Waals surface area contributed by atoms with Crippen LogP contribution in [0.2, 0.25) is 0 Å². The summed E-state index contributed by atoms with van der Waals surface area (Å²) in [6, 6.07) is 10.3. The molecule has 0 saturated heterocycles. The standard InChI is InChI=1S/C6H5.FH.Mg/c1-2-4-6-5-3-1;;/h1-5H;1H;/q;;+1/p-1. The van der Waals surface area contributed by atoms with Gasteiger partial charge >= 0.3 is 55.7 Å². The monoisotopic (exact) mass is 120 g/mol. The molecule has 0 aliphatic rings. The second-order valence-corrected chi connectivity index (χ2v) is 2.30. The van der Waals surface area contributed by atoms with Gasteiger partial charge in [0.15, 0.2) is 0 Å². The summed E-state index contributed by atoms with van der Waals surface area (Å²) in [5.41, 5.74) is 0. The van der Waals surface area contributed by atoms with Crippen LogP contribution >= 0.6 is 0 Å². The van der Waals surface area contributed by atoms with E-state index in [0.717, 1.165) is 0 Å². The second-order valence-electron chi connectivity index (χ2n) is 1.49. The van der Waals surface area contributed by atoms with Crippen LogP contribution in [0.5, 0.6) is 0 Å². The van der Waals surface area contributed by atoms with Crippen molar-refractivity contribution in [1.82, 2.24) is 0 Å². The fourth-order valence-corrected chi connectivity index (χ4v) is 0.750. The third-order valence-electron chi connectivity index (χ3n) is 0.843. The number of hydrogen-bond donors (Lipinski definition) is 0. The Morgan fingerprint density at radius 2 is 1.50 bits per heavy atom. The Morgan fingerprint density at radius 1 is 1.00 bits per heavy atom. The summed E-state index contributed by atoms with van der Waals surface area (Å²) in [5.74, 6) is 0. The van der Waals surface area contributed by atoms with Gasteiger partial charge in [-0.3, -0.25) is 0 Å². The van der Waals surface area contributed by atoms with Crippen LogP contribution in [-0.2, 0) is 0 Å². The number of halogens is 1. The van der Waals surface area contributed by atoms with Gasteiger partial charge in [0.25, 0.3) is 0 Å². The van der Waals surface area contributed by atoms with Gasteiger partial charge in [0, 0.05) is 0 Å². The van der Waals surface area contributed by atoms with Gasteiger partial charge in [-0.1, -0.05) is 0 Å². The minimum absolute atomic E-state index is 0. The maximum atomic E-state index is 2.10. The van der Waals surface area contributed by atoms with Crippen LogP contribution in [0.3, 0.4) is 0 Å². The molecule has 1 rings (SSSR count). The Labute approximate surface area is 60.7 Å². The molecule has 0 fully saturated rings. The van der Waals surface area contributed by atoms with Gasteiger partial charge in [0.05, 0.1) is 0 Å². The normalized spacial score (nSPS) is 7.75. The topological polar surface area (TPSA) is 0 Å². The van der Waals surface area contributed by atoms with E-state index < -0.39 is 0 Å². The Morgan fingerprint density at radius 3 is 1.75 bits per heavy atom. The molecule has 0 spiro atoms. The molecular weight excluding hydrogens is 115 g/mol. The molecule has 0 nitrogen and oxygen atoms in total. The van der Waals surface area contributed by atoms with Gasteiger partial charge in [-0.25, -0.2) is 0 Å². The fourth-order valence-electron chi connectivity index (χ4n) is 0.478. The van der Waals surface area contributed by atoms with Crippen molar-refractivity contribution in [3.63, 3.8) is 0 Å². The van der Waals surface area contributed by atoms with E-state index in [4.69, 9.17) is 0 Å². The van der Waals surface area contributed by atoms with Crippen molar-refractivity contribution in [2.24, 2.45) is 0 Å². The molecule has 1 aromatic rings. The quantitative estimate of drug-likeness (QED) is 0.332. The fraction of sp³-hybridized carbons (Fsp3) is 0. The molecule has 0 amide bonds. The zero-order valence-corrected chi connectivity index (χ0v) is 5.89. The van der Waals surface area contributed by atoms with Crippen LogP contribution in [0.1, 0.15) is 0 Å². The minimum atomic E-state index is 0. The first-order chi connectivity index (χ1) is 3.39. The predicted molar refractivity (Wildman–Crippen MR) is 31.8 cm³/mol. The van der Waals surface area contributed by atoms with E-state index in [-0.39, 0.29) is 4.70 Å². The molecule has 8 heavy (non-hydrogen) atoms. The van der Waals surface area contributed by atoms with Crippen molar-refractivity contribution < 1.29 is 4.70 Å². The molecule has 0 unspecified atom stereocenters. The molecule has 0 N–H and O–H groups in total. The molecule has 1 aromatic carbocycles. The van der Waals surface area contributed by atoms with Crippen LogP contribution in [0, 0.1) is 0 Å². The second kappa shape index (κ2) is 3.86. The van der Waals surface area contributed by atoms with Crippen molar-refractivity contribution in [2.75, 3.05) is 0 Å². The number of hydrogen-bond acceptors (Lipinski definition) is 0. The maximum absolute atomic E-state index is 2.10. The van der Waals surface area contributed by atoms with Crippen LogP contribution in [0.25, 0.3) is 0 Å². The van der Waals surface area contributed by atoms with E-state index in [0.29, 0.717) is 0 Å². The molecule has 0 saturated carbocycles. The third kappa shape index (κ3) is 2.28. The molecule has 0 aromatic heterocycles. The van der Waals surface area contributed by atoms with Crippen molar-refractivity contribution in [3.8, 4) is 0 Å². The molecule has 0 radical (unpaired) electrons. The molecule has 0 aliphatic heterocycles. The van der Waals surface area contributed by atoms with Gasteiger partial charge in [0.2, 0.25) is 0 Å². The summed E-state index contributed by atoms with van der Waals surface area (Å²) in [5, 5.41) is 0. The SMILES string of the molecule is [F-].[Mg+][c]1ccccc1. The Bertz CT molecular complexity index is 138. The van der Waals surface area contributed by atoms with E-state index in [2.05, 4.69) is 12.1 Å². The first kappa shape index (κ1) is 7.92. The van der Waals surface area contributed by atoms with Gasteiger partial charge in [0.1, 0.15) is 0 Å². The Balaban J connectivity index is 0.000000490. The van der Waals surface area contributed by atoms with Gasteiger partial charge in [-0.15, -0.1) is 0 Å². The van der Waals surface area contributed by atoms with Crippen molar-refractivity contribution in [1.29, 1.82) is 0 Å². The predicted octanol–water partition coefficient (Wildman–Crippen LogP) is -2.52. The summed E-state index contributed by atoms with van der Waals surface area (Å²) in [7, 11) is 0. The van der Waals surface area contributed by atoms with Crippen LogP contribution < -0.4 is 8.40 Å². The zero-order chi connectivity index (χ0) is 5.11. The average molecular weight is 120 g/mol. The summed E-state index contributed by atoms with van der Waals surface area (Å²) in [4.78, 5) is 0. The first-order valence-corrected chi connectivity index (χ1v) is 2.97. The van der Waals surface area contributed by atoms with Crippen molar-refractivity contribution in [2.45, 2.75) is 0 Å². The van der Waals surface area contributed by atoms with Crippen LogP contribution in [0.15, 0.2) is 30.3 Å². The number of rotatable bonds is 0. The molecule has 2 heteroatoms. The molecular formula is C6H5FMg. The van der Waals surface area contributed by atoms with E-state index in [9.17, 15) is 0 Å². The van der Waals surface area contributed by atoms with Crippen LogP contribution in [0.4, 0.5) is 0 Å². The van der Waals surface area contributed by atoms with E-state index in [1.807, 2.05) is 39.9 Å². The summed E-state index contributed by atoms with van der Waals surface area (Å²) in [6.07, 6.45) is 0.